The Hall–Kier alpha value is -1.84. The highest BCUT2D eigenvalue weighted by Gasteiger charge is 2.37. The molecular formula is C20H27NO2. The highest BCUT2D eigenvalue weighted by atomic mass is 16.5. The molecule has 0 bridgehead atoms. The molecule has 3 heteroatoms. The van der Waals surface area contributed by atoms with E-state index in [2.05, 4.69) is 45.0 Å². The molecule has 23 heavy (non-hydrogen) atoms. The summed E-state index contributed by atoms with van der Waals surface area (Å²) in [4.78, 5) is 0. The molecule has 0 spiro atoms. The van der Waals surface area contributed by atoms with Crippen molar-refractivity contribution in [1.82, 2.24) is 0 Å². The van der Waals surface area contributed by atoms with Crippen molar-refractivity contribution in [3.63, 3.8) is 0 Å². The van der Waals surface area contributed by atoms with E-state index in [1.807, 2.05) is 24.3 Å². The molecule has 0 saturated heterocycles. The maximum absolute atomic E-state index is 9.26. The summed E-state index contributed by atoms with van der Waals surface area (Å²) in [6, 6.07) is 16.1. The third-order valence-corrected chi connectivity index (χ3v) is 4.81. The van der Waals surface area contributed by atoms with E-state index in [0.29, 0.717) is 5.92 Å². The van der Waals surface area contributed by atoms with Crippen molar-refractivity contribution in [2.24, 2.45) is 11.7 Å². The number of aliphatic hydroxyl groups is 1. The second-order valence-electron chi connectivity index (χ2n) is 6.56. The van der Waals surface area contributed by atoms with Gasteiger partial charge in [-0.15, -0.1) is 0 Å². The van der Waals surface area contributed by atoms with E-state index >= 15 is 0 Å². The highest BCUT2D eigenvalue weighted by Crippen LogP contribution is 2.38. The standard InChI is InChI=1S/C20H27NO2/c1-14(2)19(21)20(3,16-7-5-15(13-22)6-8-16)17-9-11-18(23-4)12-10-17/h5-12,14,19,22H,13,21H2,1-4H3. The van der Waals surface area contributed by atoms with E-state index in [0.717, 1.165) is 22.4 Å². The Labute approximate surface area is 139 Å². The van der Waals surface area contributed by atoms with Crippen molar-refractivity contribution < 1.29 is 9.84 Å². The lowest BCUT2D eigenvalue weighted by molar-refractivity contribution is 0.281. The van der Waals surface area contributed by atoms with Crippen molar-refractivity contribution in [3.05, 3.63) is 65.2 Å². The highest BCUT2D eigenvalue weighted by molar-refractivity contribution is 5.43. The first-order chi connectivity index (χ1) is 10.9. The zero-order chi connectivity index (χ0) is 17.0. The van der Waals surface area contributed by atoms with Gasteiger partial charge in [0.15, 0.2) is 0 Å². The molecule has 0 aliphatic heterocycles. The fourth-order valence-electron chi connectivity index (χ4n) is 3.11. The van der Waals surface area contributed by atoms with Crippen LogP contribution in [-0.4, -0.2) is 18.3 Å². The van der Waals surface area contributed by atoms with Gasteiger partial charge >= 0.3 is 0 Å². The number of hydrogen-bond acceptors (Lipinski definition) is 3. The molecular weight excluding hydrogens is 286 g/mol. The van der Waals surface area contributed by atoms with E-state index in [-0.39, 0.29) is 18.1 Å². The molecule has 0 amide bonds. The number of ether oxygens (including phenoxy) is 1. The van der Waals surface area contributed by atoms with Crippen LogP contribution in [0.2, 0.25) is 0 Å². The average molecular weight is 313 g/mol. The van der Waals surface area contributed by atoms with Gasteiger partial charge in [-0.3, -0.25) is 0 Å². The van der Waals surface area contributed by atoms with Crippen LogP contribution in [0.15, 0.2) is 48.5 Å². The summed E-state index contributed by atoms with van der Waals surface area (Å²) < 4.78 is 5.27. The molecule has 124 valence electrons. The van der Waals surface area contributed by atoms with Crippen LogP contribution in [0, 0.1) is 5.92 Å². The normalized spacial score (nSPS) is 15.3. The summed E-state index contributed by atoms with van der Waals surface area (Å²) >= 11 is 0. The van der Waals surface area contributed by atoms with Crippen molar-refractivity contribution in [3.8, 4) is 5.75 Å². The van der Waals surface area contributed by atoms with Gasteiger partial charge in [0.25, 0.3) is 0 Å². The van der Waals surface area contributed by atoms with Gasteiger partial charge in [-0.05, 0) is 41.7 Å². The van der Waals surface area contributed by atoms with Gasteiger partial charge in [0.05, 0.1) is 13.7 Å². The quantitative estimate of drug-likeness (QED) is 0.858. The summed E-state index contributed by atoms with van der Waals surface area (Å²) in [5.74, 6) is 1.17. The number of aliphatic hydroxyl groups excluding tert-OH is 1. The van der Waals surface area contributed by atoms with Gasteiger partial charge in [-0.1, -0.05) is 50.2 Å². The van der Waals surface area contributed by atoms with Gasteiger partial charge < -0.3 is 15.6 Å². The number of benzene rings is 2. The molecule has 2 unspecified atom stereocenters. The van der Waals surface area contributed by atoms with Crippen LogP contribution in [0.1, 0.15) is 37.5 Å². The fourth-order valence-corrected chi connectivity index (χ4v) is 3.11. The van der Waals surface area contributed by atoms with E-state index in [1.54, 1.807) is 7.11 Å². The van der Waals surface area contributed by atoms with Crippen LogP contribution in [0.4, 0.5) is 0 Å². The monoisotopic (exact) mass is 313 g/mol. The van der Waals surface area contributed by atoms with Crippen LogP contribution < -0.4 is 10.5 Å². The van der Waals surface area contributed by atoms with Gasteiger partial charge in [0.1, 0.15) is 5.75 Å². The first-order valence-electron chi connectivity index (χ1n) is 8.03. The van der Waals surface area contributed by atoms with Crippen LogP contribution in [0.3, 0.4) is 0 Å². The molecule has 0 radical (unpaired) electrons. The molecule has 0 saturated carbocycles. The Kier molecular flexibility index (Phi) is 5.45. The fraction of sp³-hybridized carbons (Fsp3) is 0.400. The Morgan fingerprint density at radius 2 is 1.48 bits per heavy atom. The molecule has 3 nitrogen and oxygen atoms in total. The minimum Gasteiger partial charge on any atom is -0.497 e. The molecule has 3 N–H and O–H groups in total. The number of methoxy groups -OCH3 is 1. The Morgan fingerprint density at radius 3 is 1.87 bits per heavy atom. The summed E-state index contributed by atoms with van der Waals surface area (Å²) in [6.07, 6.45) is 0. The molecule has 2 aromatic carbocycles. The predicted molar refractivity (Wildman–Crippen MR) is 94.6 cm³/mol. The average Bonchev–Trinajstić information content (AvgIpc) is 2.60. The lowest BCUT2D eigenvalue weighted by atomic mass is 9.67. The molecule has 0 aliphatic rings. The maximum Gasteiger partial charge on any atom is 0.118 e. The third kappa shape index (κ3) is 3.41. The second-order valence-corrected chi connectivity index (χ2v) is 6.56. The minimum atomic E-state index is -0.311. The third-order valence-electron chi connectivity index (χ3n) is 4.81. The Morgan fingerprint density at radius 1 is 1.00 bits per heavy atom. The van der Waals surface area contributed by atoms with E-state index in [1.165, 1.54) is 0 Å². The zero-order valence-electron chi connectivity index (χ0n) is 14.4. The topological polar surface area (TPSA) is 55.5 Å². The van der Waals surface area contributed by atoms with Gasteiger partial charge in [0.2, 0.25) is 0 Å². The smallest absolute Gasteiger partial charge is 0.118 e. The van der Waals surface area contributed by atoms with Crippen molar-refractivity contribution in [1.29, 1.82) is 0 Å². The zero-order valence-corrected chi connectivity index (χ0v) is 14.4. The summed E-state index contributed by atoms with van der Waals surface area (Å²) in [5.41, 5.74) is 9.53. The maximum atomic E-state index is 9.26. The molecule has 0 heterocycles. The van der Waals surface area contributed by atoms with Gasteiger partial charge in [-0.2, -0.15) is 0 Å². The van der Waals surface area contributed by atoms with Crippen LogP contribution in [0.25, 0.3) is 0 Å². The predicted octanol–water partition coefficient (Wildman–Crippen LogP) is 3.48. The first kappa shape index (κ1) is 17.5. The molecule has 0 aromatic heterocycles. The van der Waals surface area contributed by atoms with Gasteiger partial charge in [0, 0.05) is 11.5 Å². The molecule has 2 aromatic rings. The summed E-state index contributed by atoms with van der Waals surface area (Å²) in [5, 5.41) is 9.26. The molecule has 2 rings (SSSR count). The van der Waals surface area contributed by atoms with Crippen molar-refractivity contribution in [2.45, 2.75) is 38.8 Å². The lowest BCUT2D eigenvalue weighted by Crippen LogP contribution is -2.47. The van der Waals surface area contributed by atoms with E-state index in [4.69, 9.17) is 10.5 Å². The molecule has 0 fully saturated rings. The molecule has 2 atom stereocenters. The van der Waals surface area contributed by atoms with E-state index < -0.39 is 0 Å². The lowest BCUT2D eigenvalue weighted by Gasteiger charge is -2.39. The van der Waals surface area contributed by atoms with E-state index in [9.17, 15) is 5.11 Å². The van der Waals surface area contributed by atoms with Crippen LogP contribution >= 0.6 is 0 Å². The van der Waals surface area contributed by atoms with Crippen LogP contribution in [0.5, 0.6) is 5.75 Å². The Balaban J connectivity index is 2.53. The van der Waals surface area contributed by atoms with Crippen molar-refractivity contribution in [2.75, 3.05) is 7.11 Å². The summed E-state index contributed by atoms with van der Waals surface area (Å²) in [7, 11) is 1.67. The van der Waals surface area contributed by atoms with Crippen LogP contribution in [-0.2, 0) is 12.0 Å². The minimum absolute atomic E-state index is 0.0316. The summed E-state index contributed by atoms with van der Waals surface area (Å²) in [6.45, 7) is 6.53. The first-order valence-corrected chi connectivity index (χ1v) is 8.03. The number of hydrogen-bond donors (Lipinski definition) is 2. The SMILES string of the molecule is COc1ccc(C(C)(c2ccc(CO)cc2)C(N)C(C)C)cc1. The number of nitrogens with two attached hydrogens (primary N) is 1. The largest absolute Gasteiger partial charge is 0.497 e. The van der Waals surface area contributed by atoms with Gasteiger partial charge in [-0.25, -0.2) is 0 Å². The van der Waals surface area contributed by atoms with Crippen molar-refractivity contribution >= 4 is 0 Å². The number of rotatable bonds is 6. The molecule has 0 aliphatic carbocycles. The second kappa shape index (κ2) is 7.16. The Bertz CT molecular complexity index is 570.